The minimum atomic E-state index is 0.0893. The summed E-state index contributed by atoms with van der Waals surface area (Å²) in [6.45, 7) is 0. The van der Waals surface area contributed by atoms with Crippen molar-refractivity contribution in [3.05, 3.63) is 82.9 Å². The lowest BCUT2D eigenvalue weighted by Crippen LogP contribution is -2.12. The molecule has 2 nitrogen and oxygen atoms in total. The number of oxime groups is 1. The molecule has 0 spiro atoms. The highest BCUT2D eigenvalue weighted by Gasteiger charge is 2.23. The van der Waals surface area contributed by atoms with Crippen molar-refractivity contribution < 1.29 is 4.84 Å². The largest absolute Gasteiger partial charge is 0.391 e. The minimum absolute atomic E-state index is 0.0893. The van der Waals surface area contributed by atoms with Gasteiger partial charge in [-0.1, -0.05) is 71.4 Å². The Kier molecular flexibility index (Phi) is 3.76. The van der Waals surface area contributed by atoms with E-state index in [4.69, 9.17) is 16.4 Å². The Balaban J connectivity index is 1.52. The van der Waals surface area contributed by atoms with E-state index in [-0.39, 0.29) is 6.10 Å². The molecule has 0 aromatic heterocycles. The van der Waals surface area contributed by atoms with Gasteiger partial charge < -0.3 is 4.84 Å². The van der Waals surface area contributed by atoms with Crippen LogP contribution in [0.1, 0.15) is 17.5 Å². The smallest absolute Gasteiger partial charge is 0.137 e. The van der Waals surface area contributed by atoms with Crippen LogP contribution in [0.3, 0.4) is 0 Å². The van der Waals surface area contributed by atoms with Gasteiger partial charge in [0.25, 0.3) is 0 Å². The lowest BCUT2D eigenvalue weighted by Gasteiger charge is -2.11. The molecule has 1 heterocycles. The molecule has 3 aromatic carbocycles. The molecule has 0 saturated carbocycles. The highest BCUT2D eigenvalue weighted by Crippen LogP contribution is 2.25. The van der Waals surface area contributed by atoms with E-state index >= 15 is 0 Å². The lowest BCUT2D eigenvalue weighted by molar-refractivity contribution is 0.0861. The number of hydrogen-bond donors (Lipinski definition) is 0. The summed E-state index contributed by atoms with van der Waals surface area (Å²) in [4.78, 5) is 5.66. The van der Waals surface area contributed by atoms with Gasteiger partial charge in [-0.2, -0.15) is 0 Å². The molecule has 114 valence electrons. The molecule has 0 aliphatic carbocycles. The van der Waals surface area contributed by atoms with Crippen molar-refractivity contribution in [1.29, 1.82) is 0 Å². The monoisotopic (exact) mass is 321 g/mol. The Morgan fingerprint density at radius 2 is 1.74 bits per heavy atom. The van der Waals surface area contributed by atoms with Crippen LogP contribution in [-0.2, 0) is 11.3 Å². The molecule has 4 rings (SSSR count). The maximum absolute atomic E-state index is 5.94. The van der Waals surface area contributed by atoms with Crippen molar-refractivity contribution in [2.24, 2.45) is 5.16 Å². The highest BCUT2D eigenvalue weighted by atomic mass is 35.5. The van der Waals surface area contributed by atoms with E-state index in [2.05, 4.69) is 47.6 Å². The first-order chi connectivity index (χ1) is 11.3. The van der Waals surface area contributed by atoms with Gasteiger partial charge in [0.2, 0.25) is 0 Å². The molecule has 0 saturated heterocycles. The van der Waals surface area contributed by atoms with Gasteiger partial charge in [0.05, 0.1) is 5.71 Å². The van der Waals surface area contributed by atoms with Gasteiger partial charge in [-0.25, -0.2) is 0 Å². The Morgan fingerprint density at radius 1 is 0.957 bits per heavy atom. The van der Waals surface area contributed by atoms with Crippen LogP contribution in [0.5, 0.6) is 0 Å². The van der Waals surface area contributed by atoms with Crippen molar-refractivity contribution in [3.63, 3.8) is 0 Å². The first-order valence-electron chi connectivity index (χ1n) is 7.75. The lowest BCUT2D eigenvalue weighted by atomic mass is 9.96. The summed E-state index contributed by atoms with van der Waals surface area (Å²) in [6, 6.07) is 22.6. The third-order valence-corrected chi connectivity index (χ3v) is 4.49. The fourth-order valence-electron chi connectivity index (χ4n) is 3.07. The molecular weight excluding hydrogens is 306 g/mol. The van der Waals surface area contributed by atoms with Gasteiger partial charge in [-0.15, -0.1) is 0 Å². The van der Waals surface area contributed by atoms with Crippen molar-refractivity contribution in [3.8, 4) is 0 Å². The SMILES string of the molecule is Clc1ccc(C2=NO[C@@H](Cc3cccc4ccccc34)C2)cc1. The average Bonchev–Trinajstić information content (AvgIpc) is 3.04. The van der Waals surface area contributed by atoms with Crippen LogP contribution in [0.25, 0.3) is 10.8 Å². The minimum Gasteiger partial charge on any atom is -0.391 e. The number of rotatable bonds is 3. The second-order valence-corrected chi connectivity index (χ2v) is 6.26. The number of fused-ring (bicyclic) bond motifs is 1. The molecule has 1 aliphatic heterocycles. The van der Waals surface area contributed by atoms with Crippen molar-refractivity contribution in [1.82, 2.24) is 0 Å². The summed E-state index contributed by atoms with van der Waals surface area (Å²) in [5.41, 5.74) is 3.38. The van der Waals surface area contributed by atoms with Gasteiger partial charge in [0, 0.05) is 17.9 Å². The summed E-state index contributed by atoms with van der Waals surface area (Å²) in [5.74, 6) is 0. The van der Waals surface area contributed by atoms with E-state index in [1.807, 2.05) is 24.3 Å². The quantitative estimate of drug-likeness (QED) is 0.647. The normalized spacial score (nSPS) is 17.1. The number of halogens is 1. The van der Waals surface area contributed by atoms with Crippen LogP contribution in [-0.4, -0.2) is 11.8 Å². The molecule has 1 atom stereocenters. The van der Waals surface area contributed by atoms with Crippen LogP contribution in [0.15, 0.2) is 71.9 Å². The van der Waals surface area contributed by atoms with Gasteiger partial charge in [0.15, 0.2) is 0 Å². The van der Waals surface area contributed by atoms with E-state index < -0.39 is 0 Å². The van der Waals surface area contributed by atoms with Crippen LogP contribution >= 0.6 is 11.6 Å². The molecule has 0 N–H and O–H groups in total. The van der Waals surface area contributed by atoms with Crippen LogP contribution in [0, 0.1) is 0 Å². The molecule has 3 heteroatoms. The van der Waals surface area contributed by atoms with Crippen molar-refractivity contribution in [2.45, 2.75) is 18.9 Å². The average molecular weight is 322 g/mol. The molecule has 0 radical (unpaired) electrons. The summed E-state index contributed by atoms with van der Waals surface area (Å²) < 4.78 is 0. The van der Waals surface area contributed by atoms with Gasteiger partial charge in [-0.3, -0.25) is 0 Å². The molecule has 0 bridgehead atoms. The Hall–Kier alpha value is -2.32. The molecule has 0 fully saturated rings. The number of benzene rings is 3. The first kappa shape index (κ1) is 14.3. The zero-order valence-electron chi connectivity index (χ0n) is 12.6. The van der Waals surface area contributed by atoms with Crippen LogP contribution in [0.2, 0.25) is 5.02 Å². The van der Waals surface area contributed by atoms with Crippen LogP contribution < -0.4 is 0 Å². The maximum Gasteiger partial charge on any atom is 0.137 e. The Labute approximate surface area is 140 Å². The van der Waals surface area contributed by atoms with Gasteiger partial charge >= 0.3 is 0 Å². The second kappa shape index (κ2) is 6.05. The van der Waals surface area contributed by atoms with E-state index in [1.54, 1.807) is 0 Å². The number of hydrogen-bond acceptors (Lipinski definition) is 2. The fourth-order valence-corrected chi connectivity index (χ4v) is 3.19. The fraction of sp³-hybridized carbons (Fsp3) is 0.150. The third kappa shape index (κ3) is 2.95. The van der Waals surface area contributed by atoms with Crippen molar-refractivity contribution >= 4 is 28.1 Å². The maximum atomic E-state index is 5.94. The Morgan fingerprint density at radius 3 is 2.61 bits per heavy atom. The molecule has 0 unspecified atom stereocenters. The standard InChI is InChI=1S/C20H16ClNO/c21-17-10-8-15(9-11-17)20-13-18(23-22-20)12-16-6-3-5-14-4-1-2-7-19(14)16/h1-11,18H,12-13H2/t18-/m0/s1. The zero-order chi connectivity index (χ0) is 15.6. The first-order valence-corrected chi connectivity index (χ1v) is 8.13. The second-order valence-electron chi connectivity index (χ2n) is 5.82. The predicted octanol–water partition coefficient (Wildman–Crippen LogP) is 5.23. The summed E-state index contributed by atoms with van der Waals surface area (Å²) in [7, 11) is 0. The summed E-state index contributed by atoms with van der Waals surface area (Å²) >= 11 is 5.94. The van der Waals surface area contributed by atoms with Crippen LogP contribution in [0.4, 0.5) is 0 Å². The molecule has 0 amide bonds. The van der Waals surface area contributed by atoms with Crippen molar-refractivity contribution in [2.75, 3.05) is 0 Å². The molecule has 3 aromatic rings. The summed E-state index contributed by atoms with van der Waals surface area (Å²) in [5, 5.41) is 7.56. The van der Waals surface area contributed by atoms with E-state index in [9.17, 15) is 0 Å². The van der Waals surface area contributed by atoms with E-state index in [0.717, 1.165) is 29.1 Å². The molecule has 23 heavy (non-hydrogen) atoms. The summed E-state index contributed by atoms with van der Waals surface area (Å²) in [6.07, 6.45) is 1.78. The predicted molar refractivity (Wildman–Crippen MR) is 95.1 cm³/mol. The zero-order valence-corrected chi connectivity index (χ0v) is 13.3. The molecular formula is C20H16ClNO. The highest BCUT2D eigenvalue weighted by molar-refractivity contribution is 6.30. The third-order valence-electron chi connectivity index (χ3n) is 4.24. The Bertz CT molecular complexity index is 865. The topological polar surface area (TPSA) is 21.6 Å². The van der Waals surface area contributed by atoms with Gasteiger partial charge in [-0.05, 0) is 34.0 Å². The number of nitrogens with zero attached hydrogens (tertiary/aromatic N) is 1. The molecule has 1 aliphatic rings. The van der Waals surface area contributed by atoms with E-state index in [1.165, 1.54) is 16.3 Å². The van der Waals surface area contributed by atoms with Gasteiger partial charge in [0.1, 0.15) is 6.10 Å². The van der Waals surface area contributed by atoms with E-state index in [0.29, 0.717) is 0 Å².